The first kappa shape index (κ1) is 14.2. The highest BCUT2D eigenvalue weighted by Gasteiger charge is 2.45. The van der Waals surface area contributed by atoms with Gasteiger partial charge in [0.25, 0.3) is 0 Å². The third-order valence-electron chi connectivity index (χ3n) is 3.57. The van der Waals surface area contributed by atoms with Crippen LogP contribution in [0.15, 0.2) is 24.3 Å². The van der Waals surface area contributed by atoms with Gasteiger partial charge in [0.1, 0.15) is 0 Å². The summed E-state index contributed by atoms with van der Waals surface area (Å²) < 4.78 is 0. The molecule has 0 atom stereocenters. The summed E-state index contributed by atoms with van der Waals surface area (Å²) in [4.78, 5) is 11.9. The Kier molecular flexibility index (Phi) is 4.70. The molecule has 1 fully saturated rings. The number of urea groups is 1. The summed E-state index contributed by atoms with van der Waals surface area (Å²) >= 11 is 5.89. The van der Waals surface area contributed by atoms with Gasteiger partial charge in [-0.2, -0.15) is 0 Å². The van der Waals surface area contributed by atoms with Crippen LogP contribution in [-0.4, -0.2) is 12.6 Å². The highest BCUT2D eigenvalue weighted by atomic mass is 35.5. The Morgan fingerprint density at radius 1 is 1.26 bits per heavy atom. The number of nitrogens with one attached hydrogen (secondary N) is 2. The van der Waals surface area contributed by atoms with Crippen molar-refractivity contribution in [3.63, 3.8) is 0 Å². The van der Waals surface area contributed by atoms with Crippen LogP contribution in [0.1, 0.15) is 44.6 Å². The second-order valence-corrected chi connectivity index (χ2v) is 5.61. The van der Waals surface area contributed by atoms with Crippen LogP contribution in [0, 0.1) is 0 Å². The van der Waals surface area contributed by atoms with Crippen molar-refractivity contribution in [3.8, 4) is 0 Å². The van der Waals surface area contributed by atoms with Crippen LogP contribution < -0.4 is 10.6 Å². The first-order chi connectivity index (χ1) is 9.16. The Hall–Kier alpha value is -1.22. The van der Waals surface area contributed by atoms with Crippen molar-refractivity contribution < 1.29 is 4.79 Å². The normalized spacial score (nSPS) is 15.9. The number of hydrogen-bond acceptors (Lipinski definition) is 1. The largest absolute Gasteiger partial charge is 0.338 e. The molecule has 0 saturated heterocycles. The second kappa shape index (κ2) is 6.29. The minimum Gasteiger partial charge on any atom is -0.338 e. The monoisotopic (exact) mass is 280 g/mol. The number of rotatable bonds is 6. The first-order valence-corrected chi connectivity index (χ1v) is 7.36. The second-order valence-electron chi connectivity index (χ2n) is 5.18. The molecule has 1 saturated carbocycles. The van der Waals surface area contributed by atoms with E-state index in [9.17, 15) is 4.79 Å². The predicted molar refractivity (Wildman–Crippen MR) is 78.4 cm³/mol. The lowest BCUT2D eigenvalue weighted by atomic mass is 10.1. The van der Waals surface area contributed by atoms with Crippen molar-refractivity contribution in [2.45, 2.75) is 44.6 Å². The molecule has 2 rings (SSSR count). The number of hydrogen-bond donors (Lipinski definition) is 2. The number of halogens is 1. The lowest BCUT2D eigenvalue weighted by molar-refractivity contribution is 0.235. The molecule has 2 N–H and O–H groups in total. The van der Waals surface area contributed by atoms with Gasteiger partial charge in [-0.25, -0.2) is 4.79 Å². The summed E-state index contributed by atoms with van der Waals surface area (Å²) in [5.74, 6) is 0. The fraction of sp³-hybridized carbons (Fsp3) is 0.533. The van der Waals surface area contributed by atoms with Gasteiger partial charge in [0.05, 0.1) is 5.54 Å². The molecule has 1 aliphatic carbocycles. The Morgan fingerprint density at radius 2 is 1.95 bits per heavy atom. The molecular weight excluding hydrogens is 260 g/mol. The molecule has 0 heterocycles. The van der Waals surface area contributed by atoms with E-state index in [1.54, 1.807) is 0 Å². The molecule has 1 aliphatic rings. The maximum atomic E-state index is 11.9. The van der Waals surface area contributed by atoms with Crippen molar-refractivity contribution >= 4 is 17.6 Å². The molecule has 4 heteroatoms. The molecule has 0 spiro atoms. The van der Waals surface area contributed by atoms with Gasteiger partial charge in [0.15, 0.2) is 0 Å². The molecule has 104 valence electrons. The van der Waals surface area contributed by atoms with E-state index in [2.05, 4.69) is 17.6 Å². The van der Waals surface area contributed by atoms with Gasteiger partial charge in [-0.3, -0.25) is 0 Å². The third kappa shape index (κ3) is 3.87. The summed E-state index contributed by atoms with van der Waals surface area (Å²) in [6.07, 6.45) is 5.35. The van der Waals surface area contributed by atoms with Gasteiger partial charge in [0, 0.05) is 11.6 Å². The van der Waals surface area contributed by atoms with Gasteiger partial charge < -0.3 is 10.6 Å². The van der Waals surface area contributed by atoms with Gasteiger partial charge in [-0.05, 0) is 37.0 Å². The Morgan fingerprint density at radius 3 is 2.53 bits per heavy atom. The molecule has 0 radical (unpaired) electrons. The fourth-order valence-corrected chi connectivity index (χ4v) is 2.34. The summed E-state index contributed by atoms with van der Waals surface area (Å²) in [6, 6.07) is 7.66. The van der Waals surface area contributed by atoms with E-state index in [-0.39, 0.29) is 11.6 Å². The standard InChI is InChI=1S/C15H21ClN2O/c1-2-3-4-11-17-14(19)18-15(9-10-15)12-5-7-13(16)8-6-12/h5-8H,2-4,9-11H2,1H3,(H2,17,18,19). The molecule has 2 amide bonds. The quantitative estimate of drug-likeness (QED) is 0.764. The number of carbonyl (C=O) groups excluding carboxylic acids is 1. The van der Waals surface area contributed by atoms with Crippen LogP contribution in [0.2, 0.25) is 5.02 Å². The number of benzene rings is 1. The molecule has 0 aromatic heterocycles. The van der Waals surface area contributed by atoms with Gasteiger partial charge in [-0.15, -0.1) is 0 Å². The van der Waals surface area contributed by atoms with Crippen LogP contribution in [-0.2, 0) is 5.54 Å². The Labute approximate surface area is 119 Å². The highest BCUT2D eigenvalue weighted by molar-refractivity contribution is 6.30. The predicted octanol–water partition coefficient (Wildman–Crippen LogP) is 3.82. The molecule has 3 nitrogen and oxygen atoms in total. The smallest absolute Gasteiger partial charge is 0.315 e. The van der Waals surface area contributed by atoms with Crippen LogP contribution in [0.25, 0.3) is 0 Å². The molecule has 0 unspecified atom stereocenters. The summed E-state index contributed by atoms with van der Waals surface area (Å²) in [5.41, 5.74) is 0.972. The van der Waals surface area contributed by atoms with Gasteiger partial charge >= 0.3 is 6.03 Å². The minimum absolute atomic E-state index is 0.0662. The average Bonchev–Trinajstić information content (AvgIpc) is 3.16. The SMILES string of the molecule is CCCCCNC(=O)NC1(c2ccc(Cl)cc2)CC1. The maximum Gasteiger partial charge on any atom is 0.315 e. The van der Waals surface area contributed by atoms with Crippen LogP contribution in [0.5, 0.6) is 0 Å². The van der Waals surface area contributed by atoms with Crippen LogP contribution in [0.4, 0.5) is 4.79 Å². The van der Waals surface area contributed by atoms with E-state index in [0.29, 0.717) is 0 Å². The summed E-state index contributed by atoms with van der Waals surface area (Å²) in [7, 11) is 0. The summed E-state index contributed by atoms with van der Waals surface area (Å²) in [5, 5.41) is 6.73. The minimum atomic E-state index is -0.167. The van der Waals surface area contributed by atoms with E-state index in [4.69, 9.17) is 11.6 Å². The highest BCUT2D eigenvalue weighted by Crippen LogP contribution is 2.45. The molecule has 1 aromatic rings. The van der Waals surface area contributed by atoms with Gasteiger partial charge in [-0.1, -0.05) is 43.5 Å². The van der Waals surface area contributed by atoms with Crippen molar-refractivity contribution in [3.05, 3.63) is 34.9 Å². The van der Waals surface area contributed by atoms with Crippen molar-refractivity contribution in [1.82, 2.24) is 10.6 Å². The number of carbonyl (C=O) groups is 1. The van der Waals surface area contributed by atoms with Crippen molar-refractivity contribution in [1.29, 1.82) is 0 Å². The van der Waals surface area contributed by atoms with E-state index in [0.717, 1.165) is 49.2 Å². The van der Waals surface area contributed by atoms with E-state index in [1.165, 1.54) is 0 Å². The van der Waals surface area contributed by atoms with Crippen molar-refractivity contribution in [2.75, 3.05) is 6.54 Å². The topological polar surface area (TPSA) is 41.1 Å². The zero-order valence-corrected chi connectivity index (χ0v) is 12.1. The Bertz CT molecular complexity index is 426. The molecule has 0 aliphatic heterocycles. The third-order valence-corrected chi connectivity index (χ3v) is 3.82. The van der Waals surface area contributed by atoms with E-state index < -0.39 is 0 Å². The maximum absolute atomic E-state index is 11.9. The van der Waals surface area contributed by atoms with Crippen LogP contribution in [0.3, 0.4) is 0 Å². The fourth-order valence-electron chi connectivity index (χ4n) is 2.22. The lowest BCUT2D eigenvalue weighted by Crippen LogP contribution is -2.42. The van der Waals surface area contributed by atoms with E-state index >= 15 is 0 Å². The zero-order chi connectivity index (χ0) is 13.7. The lowest BCUT2D eigenvalue weighted by Gasteiger charge is -2.18. The average molecular weight is 281 g/mol. The molecule has 19 heavy (non-hydrogen) atoms. The van der Waals surface area contributed by atoms with Crippen molar-refractivity contribution in [2.24, 2.45) is 0 Å². The first-order valence-electron chi connectivity index (χ1n) is 6.98. The van der Waals surface area contributed by atoms with Gasteiger partial charge in [0.2, 0.25) is 0 Å². The number of amides is 2. The number of unbranched alkanes of at least 4 members (excludes halogenated alkanes) is 2. The molecule has 1 aromatic carbocycles. The molecule has 0 bridgehead atoms. The Balaban J connectivity index is 1.84. The van der Waals surface area contributed by atoms with E-state index in [1.807, 2.05) is 24.3 Å². The zero-order valence-electron chi connectivity index (χ0n) is 11.3. The molecular formula is C15H21ClN2O. The summed E-state index contributed by atoms with van der Waals surface area (Å²) in [6.45, 7) is 2.90. The van der Waals surface area contributed by atoms with Crippen LogP contribution >= 0.6 is 11.6 Å².